The number of aryl methyl sites for hydroxylation is 2. The molecule has 3 aromatic carbocycles. The fourth-order valence-corrected chi connectivity index (χ4v) is 6.02. The lowest BCUT2D eigenvalue weighted by atomic mass is 9.55. The summed E-state index contributed by atoms with van der Waals surface area (Å²) in [6.07, 6.45) is 0.961. The molecule has 4 atom stereocenters. The molecule has 3 nitrogen and oxygen atoms in total. The van der Waals surface area contributed by atoms with Crippen molar-refractivity contribution < 1.29 is 9.59 Å². The van der Waals surface area contributed by atoms with Crippen LogP contribution in [0, 0.1) is 18.8 Å². The molecular weight excluding hydrogens is 370 g/mol. The van der Waals surface area contributed by atoms with E-state index in [9.17, 15) is 9.59 Å². The first-order chi connectivity index (χ1) is 14.6. The van der Waals surface area contributed by atoms with Gasteiger partial charge in [-0.1, -0.05) is 61.5 Å². The van der Waals surface area contributed by atoms with E-state index in [2.05, 4.69) is 43.3 Å². The van der Waals surface area contributed by atoms with Gasteiger partial charge in [-0.15, -0.1) is 0 Å². The molecule has 7 rings (SSSR count). The summed E-state index contributed by atoms with van der Waals surface area (Å²) in [6, 6.07) is 22.8. The molecule has 2 bridgehead atoms. The van der Waals surface area contributed by atoms with Gasteiger partial charge in [-0.05, 0) is 58.9 Å². The van der Waals surface area contributed by atoms with Crippen LogP contribution in [0.25, 0.3) is 0 Å². The molecule has 2 amide bonds. The van der Waals surface area contributed by atoms with Crippen molar-refractivity contribution in [3.05, 3.63) is 100 Å². The van der Waals surface area contributed by atoms with E-state index in [1.807, 2.05) is 37.3 Å². The van der Waals surface area contributed by atoms with Crippen molar-refractivity contribution in [3.63, 3.8) is 0 Å². The minimum atomic E-state index is -0.322. The van der Waals surface area contributed by atoms with Crippen molar-refractivity contribution in [2.45, 2.75) is 32.1 Å². The van der Waals surface area contributed by atoms with Gasteiger partial charge in [-0.2, -0.15) is 0 Å². The standard InChI is InChI=1S/C27H23NO2/c1-3-16-11-12-20-21(14-16)23-19-10-5-4-9-18(19)22(20)24-25(23)27(30)28(26(24)29)17-8-6-7-15(2)13-17/h4-14,22-25H,3H2,1-2H3/t22-,23-,24-,25+/m0/s1. The van der Waals surface area contributed by atoms with Gasteiger partial charge in [0.25, 0.3) is 0 Å². The summed E-state index contributed by atoms with van der Waals surface area (Å²) in [5.74, 6) is -0.847. The van der Waals surface area contributed by atoms with Crippen LogP contribution in [0.3, 0.4) is 0 Å². The Hall–Kier alpha value is -3.20. The minimum Gasteiger partial charge on any atom is -0.274 e. The fourth-order valence-electron chi connectivity index (χ4n) is 6.02. The number of hydrogen-bond donors (Lipinski definition) is 0. The Morgan fingerprint density at radius 1 is 0.733 bits per heavy atom. The number of carbonyl (C=O) groups is 2. The van der Waals surface area contributed by atoms with Gasteiger partial charge in [-0.3, -0.25) is 9.59 Å². The van der Waals surface area contributed by atoms with Crippen molar-refractivity contribution >= 4 is 17.5 Å². The summed E-state index contributed by atoms with van der Waals surface area (Å²) in [4.78, 5) is 28.9. The molecule has 0 saturated carbocycles. The van der Waals surface area contributed by atoms with Gasteiger partial charge in [0.2, 0.25) is 11.8 Å². The van der Waals surface area contributed by atoms with E-state index in [1.165, 1.54) is 32.7 Å². The number of imide groups is 1. The average Bonchev–Trinajstić information content (AvgIpc) is 3.04. The Morgan fingerprint density at radius 2 is 1.37 bits per heavy atom. The van der Waals surface area contributed by atoms with Crippen LogP contribution < -0.4 is 4.90 Å². The van der Waals surface area contributed by atoms with Crippen LogP contribution in [0.5, 0.6) is 0 Å². The minimum absolute atomic E-state index is 0.0485. The van der Waals surface area contributed by atoms with E-state index in [-0.39, 0.29) is 35.5 Å². The van der Waals surface area contributed by atoms with Gasteiger partial charge in [-0.25, -0.2) is 4.90 Å². The average molecular weight is 393 g/mol. The van der Waals surface area contributed by atoms with Crippen molar-refractivity contribution in [1.82, 2.24) is 0 Å². The highest BCUT2D eigenvalue weighted by Crippen LogP contribution is 2.61. The number of anilines is 1. The molecule has 3 aromatic rings. The first-order valence-corrected chi connectivity index (χ1v) is 10.8. The Balaban J connectivity index is 1.57. The van der Waals surface area contributed by atoms with Crippen LogP contribution in [0.2, 0.25) is 0 Å². The molecule has 1 fully saturated rings. The molecule has 4 aliphatic rings. The van der Waals surface area contributed by atoms with Gasteiger partial charge in [0.15, 0.2) is 0 Å². The summed E-state index contributed by atoms with van der Waals surface area (Å²) >= 11 is 0. The third-order valence-electron chi connectivity index (χ3n) is 7.27. The van der Waals surface area contributed by atoms with Gasteiger partial charge < -0.3 is 0 Å². The van der Waals surface area contributed by atoms with Gasteiger partial charge >= 0.3 is 0 Å². The van der Waals surface area contributed by atoms with Crippen LogP contribution in [0.15, 0.2) is 66.7 Å². The first kappa shape index (κ1) is 17.6. The highest BCUT2D eigenvalue weighted by Gasteiger charge is 2.61. The SMILES string of the molecule is CCc1ccc2c(c1)[C@@H]1c3ccccc3[C@@H]2[C@@H]2C(=O)N(c3cccc(C)c3)C(=O)[C@H]12. The smallest absolute Gasteiger partial charge is 0.238 e. The third-order valence-corrected chi connectivity index (χ3v) is 7.27. The van der Waals surface area contributed by atoms with Crippen LogP contribution in [0.1, 0.15) is 52.1 Å². The second-order valence-electron chi connectivity index (χ2n) is 8.80. The van der Waals surface area contributed by atoms with Gasteiger partial charge in [0.05, 0.1) is 17.5 Å². The highest BCUT2D eigenvalue weighted by atomic mass is 16.2. The number of benzene rings is 3. The third kappa shape index (κ3) is 2.15. The van der Waals surface area contributed by atoms with Crippen LogP contribution in [-0.4, -0.2) is 11.8 Å². The van der Waals surface area contributed by atoms with E-state index >= 15 is 0 Å². The number of hydrogen-bond acceptors (Lipinski definition) is 2. The molecule has 0 aromatic heterocycles. The number of nitrogens with zero attached hydrogens (tertiary/aromatic N) is 1. The predicted molar refractivity (Wildman–Crippen MR) is 117 cm³/mol. The second kappa shape index (κ2) is 6.15. The number of rotatable bonds is 2. The maximum atomic E-state index is 13.7. The molecule has 30 heavy (non-hydrogen) atoms. The Labute approximate surface area is 176 Å². The summed E-state index contributed by atoms with van der Waals surface area (Å²) in [5, 5.41) is 0. The van der Waals surface area contributed by atoms with E-state index in [0.29, 0.717) is 5.69 Å². The molecule has 1 aliphatic heterocycles. The van der Waals surface area contributed by atoms with E-state index in [4.69, 9.17) is 0 Å². The lowest BCUT2D eigenvalue weighted by Crippen LogP contribution is -2.41. The zero-order chi connectivity index (χ0) is 20.6. The Kier molecular flexibility index (Phi) is 3.62. The zero-order valence-electron chi connectivity index (χ0n) is 17.1. The molecule has 1 heterocycles. The van der Waals surface area contributed by atoms with Gasteiger partial charge in [0, 0.05) is 11.8 Å². The zero-order valence-corrected chi connectivity index (χ0v) is 17.1. The predicted octanol–water partition coefficient (Wildman–Crippen LogP) is 4.95. The molecule has 0 radical (unpaired) electrons. The van der Waals surface area contributed by atoms with Crippen molar-refractivity contribution in [3.8, 4) is 0 Å². The molecule has 148 valence electrons. The highest BCUT2D eigenvalue weighted by molar-refractivity contribution is 6.23. The van der Waals surface area contributed by atoms with Crippen molar-refractivity contribution in [1.29, 1.82) is 0 Å². The van der Waals surface area contributed by atoms with E-state index < -0.39 is 0 Å². The van der Waals surface area contributed by atoms with E-state index in [0.717, 1.165) is 12.0 Å². The summed E-state index contributed by atoms with van der Waals surface area (Å²) in [5.41, 5.74) is 7.93. The van der Waals surface area contributed by atoms with Crippen molar-refractivity contribution in [2.24, 2.45) is 11.8 Å². The summed E-state index contributed by atoms with van der Waals surface area (Å²) in [7, 11) is 0. The van der Waals surface area contributed by atoms with Crippen LogP contribution in [0.4, 0.5) is 5.69 Å². The monoisotopic (exact) mass is 393 g/mol. The Bertz CT molecular complexity index is 1230. The second-order valence-corrected chi connectivity index (χ2v) is 8.80. The maximum Gasteiger partial charge on any atom is 0.238 e. The van der Waals surface area contributed by atoms with Crippen LogP contribution >= 0.6 is 0 Å². The molecule has 0 unspecified atom stereocenters. The summed E-state index contributed by atoms with van der Waals surface area (Å²) < 4.78 is 0. The topological polar surface area (TPSA) is 37.4 Å². The van der Waals surface area contributed by atoms with Crippen molar-refractivity contribution in [2.75, 3.05) is 4.90 Å². The van der Waals surface area contributed by atoms with E-state index in [1.54, 1.807) is 0 Å². The van der Waals surface area contributed by atoms with Crippen LogP contribution in [-0.2, 0) is 16.0 Å². The molecule has 0 N–H and O–H groups in total. The number of amides is 2. The fraction of sp³-hybridized carbons (Fsp3) is 0.259. The maximum absolute atomic E-state index is 13.7. The summed E-state index contributed by atoms with van der Waals surface area (Å²) in [6.45, 7) is 4.15. The molecule has 0 spiro atoms. The molecule has 3 aliphatic carbocycles. The van der Waals surface area contributed by atoms with Gasteiger partial charge in [0.1, 0.15) is 0 Å². The lowest BCUT2D eigenvalue weighted by Gasteiger charge is -2.46. The largest absolute Gasteiger partial charge is 0.274 e. The molecular formula is C27H23NO2. The normalized spacial score (nSPS) is 25.9. The Morgan fingerprint density at radius 3 is 2.00 bits per heavy atom. The lowest BCUT2D eigenvalue weighted by molar-refractivity contribution is -0.122. The molecule has 1 saturated heterocycles. The molecule has 3 heteroatoms. The number of carbonyl (C=O) groups excluding carboxylic acids is 2. The quantitative estimate of drug-likeness (QED) is 0.578. The first-order valence-electron chi connectivity index (χ1n) is 10.8.